The average Bonchev–Trinajstić information content (AvgIpc) is 2.48. The highest BCUT2D eigenvalue weighted by Crippen LogP contribution is 2.05. The molecule has 0 aromatic rings. The van der Waals surface area contributed by atoms with Gasteiger partial charge in [0.05, 0.1) is 32.1 Å². The van der Waals surface area contributed by atoms with Gasteiger partial charge in [-0.15, -0.1) is 0 Å². The van der Waals surface area contributed by atoms with Gasteiger partial charge in [0.1, 0.15) is 12.4 Å². The molecule has 0 aromatic heterocycles. The van der Waals surface area contributed by atoms with Crippen LogP contribution in [0.1, 0.15) is 6.92 Å². The highest BCUT2D eigenvalue weighted by atomic mass is 16.5. The maximum absolute atomic E-state index is 10.6. The first kappa shape index (κ1) is 16.4. The van der Waals surface area contributed by atoms with Crippen LogP contribution >= 0.6 is 0 Å². The van der Waals surface area contributed by atoms with E-state index in [1.54, 1.807) is 6.92 Å². The molecule has 20 heavy (non-hydrogen) atoms. The van der Waals surface area contributed by atoms with Crippen LogP contribution in [0.5, 0.6) is 0 Å². The Morgan fingerprint density at radius 3 is 2.75 bits per heavy atom. The van der Waals surface area contributed by atoms with Crippen LogP contribution in [-0.4, -0.2) is 63.6 Å². The Labute approximate surface area is 119 Å². The van der Waals surface area contributed by atoms with Gasteiger partial charge < -0.3 is 14.2 Å². The second-order valence-corrected chi connectivity index (χ2v) is 4.29. The molecule has 0 saturated carbocycles. The minimum atomic E-state index is 0.248. The summed E-state index contributed by atoms with van der Waals surface area (Å²) >= 11 is 0. The van der Waals surface area contributed by atoms with Crippen LogP contribution in [0.15, 0.2) is 29.1 Å². The summed E-state index contributed by atoms with van der Waals surface area (Å²) < 4.78 is 15.8. The summed E-state index contributed by atoms with van der Waals surface area (Å²) in [5.74, 6) is 0.850. The molecular formula is C14H22N2O4. The molecule has 0 atom stereocenters. The zero-order chi connectivity index (χ0) is 14.8. The maximum atomic E-state index is 10.6. The topological polar surface area (TPSA) is 60.4 Å². The van der Waals surface area contributed by atoms with E-state index in [4.69, 9.17) is 14.2 Å². The van der Waals surface area contributed by atoms with E-state index in [-0.39, 0.29) is 5.57 Å². The Morgan fingerprint density at radius 2 is 2.15 bits per heavy atom. The van der Waals surface area contributed by atoms with Crippen LogP contribution in [0.3, 0.4) is 0 Å². The van der Waals surface area contributed by atoms with Gasteiger partial charge in [-0.05, 0) is 0 Å². The van der Waals surface area contributed by atoms with Gasteiger partial charge in [0, 0.05) is 26.6 Å². The lowest BCUT2D eigenvalue weighted by molar-refractivity contribution is -0.104. The first-order valence-corrected chi connectivity index (χ1v) is 6.53. The maximum Gasteiger partial charge on any atom is 0.184 e. The van der Waals surface area contributed by atoms with E-state index in [2.05, 4.69) is 16.5 Å². The molecule has 0 amide bonds. The quantitative estimate of drug-likeness (QED) is 0.174. The molecule has 0 spiro atoms. The Hall–Kier alpha value is -1.66. The van der Waals surface area contributed by atoms with Crippen molar-refractivity contribution in [1.82, 2.24) is 4.90 Å². The third kappa shape index (κ3) is 5.99. The molecule has 1 aliphatic heterocycles. The van der Waals surface area contributed by atoms with Gasteiger partial charge in [-0.25, -0.2) is 4.99 Å². The minimum absolute atomic E-state index is 0.248. The Kier molecular flexibility index (Phi) is 7.60. The minimum Gasteiger partial charge on any atom is -0.494 e. The number of hydrogen-bond acceptors (Lipinski definition) is 6. The Bertz CT molecular complexity index is 385. The number of carbonyl (C=O) groups is 1. The summed E-state index contributed by atoms with van der Waals surface area (Å²) in [5, 5.41) is 0. The van der Waals surface area contributed by atoms with Crippen LogP contribution in [0.25, 0.3) is 0 Å². The number of rotatable bonds is 7. The smallest absolute Gasteiger partial charge is 0.184 e. The molecule has 0 N–H and O–H groups in total. The lowest BCUT2D eigenvalue weighted by Crippen LogP contribution is -2.38. The second-order valence-electron chi connectivity index (χ2n) is 4.29. The van der Waals surface area contributed by atoms with E-state index in [0.29, 0.717) is 24.5 Å². The van der Waals surface area contributed by atoms with Crippen LogP contribution in [0, 0.1) is 0 Å². The van der Waals surface area contributed by atoms with Crippen molar-refractivity contribution in [1.29, 1.82) is 0 Å². The molecule has 0 radical (unpaired) electrons. The van der Waals surface area contributed by atoms with E-state index in [1.807, 2.05) is 0 Å². The van der Waals surface area contributed by atoms with Crippen molar-refractivity contribution in [2.24, 2.45) is 4.99 Å². The molecule has 1 rings (SSSR count). The largest absolute Gasteiger partial charge is 0.494 e. The van der Waals surface area contributed by atoms with Gasteiger partial charge in [0.15, 0.2) is 12.2 Å². The standard InChI is InChI=1S/C14H22N2O4/c1-12(11-17)14(18-3)10-15-13(2)20-9-6-16-4-7-19-8-5-16/h10-11H,1,4-9H2,2-3H3/b14-10+,15-13+. The van der Waals surface area contributed by atoms with Crippen molar-refractivity contribution < 1.29 is 19.0 Å². The number of methoxy groups -OCH3 is 1. The number of morpholine rings is 1. The van der Waals surface area contributed by atoms with Crippen LogP contribution in [0.2, 0.25) is 0 Å². The molecule has 0 bridgehead atoms. The van der Waals surface area contributed by atoms with Gasteiger partial charge in [-0.1, -0.05) is 6.58 Å². The highest BCUT2D eigenvalue weighted by molar-refractivity contribution is 5.78. The molecule has 0 aromatic carbocycles. The fourth-order valence-electron chi connectivity index (χ4n) is 1.66. The number of aldehydes is 1. The second kappa shape index (κ2) is 9.28. The van der Waals surface area contributed by atoms with Gasteiger partial charge in [0.25, 0.3) is 0 Å². The van der Waals surface area contributed by atoms with Gasteiger partial charge in [-0.2, -0.15) is 0 Å². The van der Waals surface area contributed by atoms with Crippen molar-refractivity contribution >= 4 is 12.2 Å². The Morgan fingerprint density at radius 1 is 1.45 bits per heavy atom. The molecule has 0 unspecified atom stereocenters. The van der Waals surface area contributed by atoms with E-state index in [1.165, 1.54) is 13.3 Å². The van der Waals surface area contributed by atoms with Gasteiger partial charge in [0.2, 0.25) is 0 Å². The summed E-state index contributed by atoms with van der Waals surface area (Å²) in [6, 6.07) is 0. The van der Waals surface area contributed by atoms with Gasteiger partial charge in [-0.3, -0.25) is 9.69 Å². The number of ether oxygens (including phenoxy) is 3. The number of aliphatic imine (C=N–C) groups is 1. The first-order chi connectivity index (χ1) is 9.67. The van der Waals surface area contributed by atoms with E-state index in [9.17, 15) is 4.79 Å². The lowest BCUT2D eigenvalue weighted by Gasteiger charge is -2.26. The van der Waals surface area contributed by atoms with Crippen molar-refractivity contribution in [3.8, 4) is 0 Å². The monoisotopic (exact) mass is 282 g/mol. The summed E-state index contributed by atoms with van der Waals surface area (Å²) in [5.41, 5.74) is 0.248. The third-order valence-corrected chi connectivity index (χ3v) is 2.86. The number of nitrogens with zero attached hydrogens (tertiary/aromatic N) is 2. The predicted molar refractivity (Wildman–Crippen MR) is 76.6 cm³/mol. The van der Waals surface area contributed by atoms with Crippen molar-refractivity contribution in [2.75, 3.05) is 46.6 Å². The fourth-order valence-corrected chi connectivity index (χ4v) is 1.66. The predicted octanol–water partition coefficient (Wildman–Crippen LogP) is 0.996. The van der Waals surface area contributed by atoms with Crippen molar-refractivity contribution in [3.63, 3.8) is 0 Å². The van der Waals surface area contributed by atoms with Crippen LogP contribution < -0.4 is 0 Å². The van der Waals surface area contributed by atoms with Crippen LogP contribution in [-0.2, 0) is 19.0 Å². The van der Waals surface area contributed by atoms with E-state index < -0.39 is 0 Å². The summed E-state index contributed by atoms with van der Waals surface area (Å²) in [6.07, 6.45) is 2.06. The number of allylic oxidation sites excluding steroid dienone is 1. The SMILES string of the molecule is C=C(C=O)/C(=C\N=C(/C)OCCN1CCOCC1)OC. The summed E-state index contributed by atoms with van der Waals surface area (Å²) in [7, 11) is 1.46. The lowest BCUT2D eigenvalue weighted by atomic mass is 10.3. The van der Waals surface area contributed by atoms with E-state index in [0.717, 1.165) is 32.8 Å². The molecule has 1 fully saturated rings. The molecule has 112 valence electrons. The molecule has 1 heterocycles. The number of carbonyl (C=O) groups excluding carboxylic acids is 1. The zero-order valence-electron chi connectivity index (χ0n) is 12.1. The summed E-state index contributed by atoms with van der Waals surface area (Å²) in [4.78, 5) is 17.0. The summed E-state index contributed by atoms with van der Waals surface area (Å²) in [6.45, 7) is 10.2. The van der Waals surface area contributed by atoms with Gasteiger partial charge >= 0.3 is 0 Å². The molecule has 1 aliphatic rings. The first-order valence-electron chi connectivity index (χ1n) is 6.53. The number of hydrogen-bond donors (Lipinski definition) is 0. The van der Waals surface area contributed by atoms with Crippen molar-refractivity contribution in [3.05, 3.63) is 24.1 Å². The molecule has 6 nitrogen and oxygen atoms in total. The normalized spacial score (nSPS) is 17.7. The molecule has 0 aliphatic carbocycles. The van der Waals surface area contributed by atoms with Crippen LogP contribution in [0.4, 0.5) is 0 Å². The molecule has 1 saturated heterocycles. The van der Waals surface area contributed by atoms with Crippen molar-refractivity contribution in [2.45, 2.75) is 6.92 Å². The third-order valence-electron chi connectivity index (χ3n) is 2.86. The molecular weight excluding hydrogens is 260 g/mol. The highest BCUT2D eigenvalue weighted by Gasteiger charge is 2.09. The Balaban J connectivity index is 2.34. The zero-order valence-corrected chi connectivity index (χ0v) is 12.1. The average molecular weight is 282 g/mol. The molecule has 6 heteroatoms. The fraction of sp³-hybridized carbons (Fsp3) is 0.571. The van der Waals surface area contributed by atoms with E-state index >= 15 is 0 Å².